The van der Waals surface area contributed by atoms with Gasteiger partial charge in [-0.05, 0) is 55.1 Å². The SMILES string of the molecule is COc1ccccc1NC(=O)N1CCCCN2[C@@H](CO)[C@@H](c3ccc(-c4ccc(C)cc4)cc3)[C@@H]2C1. The lowest BCUT2D eigenvalue weighted by atomic mass is 9.74. The molecule has 3 aromatic rings. The van der Waals surface area contributed by atoms with Gasteiger partial charge < -0.3 is 20.1 Å². The van der Waals surface area contributed by atoms with Gasteiger partial charge in [0.2, 0.25) is 0 Å². The number of amides is 2. The normalized spacial score (nSPS) is 22.1. The van der Waals surface area contributed by atoms with Crippen molar-refractivity contribution in [3.63, 3.8) is 0 Å². The number of nitrogens with zero attached hydrogens (tertiary/aromatic N) is 2. The first-order valence-corrected chi connectivity index (χ1v) is 12.8. The fraction of sp³-hybridized carbons (Fsp3) is 0.367. The fourth-order valence-electron chi connectivity index (χ4n) is 5.71. The summed E-state index contributed by atoms with van der Waals surface area (Å²) >= 11 is 0. The van der Waals surface area contributed by atoms with Crippen LogP contribution in [0.15, 0.2) is 72.8 Å². The van der Waals surface area contributed by atoms with Crippen molar-refractivity contribution in [2.45, 2.75) is 37.8 Å². The molecule has 0 aliphatic carbocycles. The molecule has 2 N–H and O–H groups in total. The maximum atomic E-state index is 13.3. The third kappa shape index (κ3) is 4.84. The van der Waals surface area contributed by atoms with Gasteiger partial charge in [0.05, 0.1) is 19.4 Å². The molecule has 0 saturated carbocycles. The lowest BCUT2D eigenvalue weighted by Gasteiger charge is -2.57. The summed E-state index contributed by atoms with van der Waals surface area (Å²) in [4.78, 5) is 17.6. The van der Waals surface area contributed by atoms with Gasteiger partial charge in [-0.1, -0.05) is 66.2 Å². The molecule has 0 spiro atoms. The van der Waals surface area contributed by atoms with E-state index < -0.39 is 0 Å². The van der Waals surface area contributed by atoms with Crippen LogP contribution in [0.4, 0.5) is 10.5 Å². The molecule has 3 aromatic carbocycles. The molecule has 0 radical (unpaired) electrons. The minimum atomic E-state index is -0.109. The zero-order chi connectivity index (χ0) is 25.1. The number of fused-ring (bicyclic) bond motifs is 1. The lowest BCUT2D eigenvalue weighted by Crippen LogP contribution is -2.68. The van der Waals surface area contributed by atoms with Gasteiger partial charge in [-0.25, -0.2) is 4.79 Å². The van der Waals surface area contributed by atoms with Crippen molar-refractivity contribution in [3.8, 4) is 16.9 Å². The molecule has 188 valence electrons. The second-order valence-corrected chi connectivity index (χ2v) is 9.85. The molecule has 0 bridgehead atoms. The van der Waals surface area contributed by atoms with Gasteiger partial charge >= 0.3 is 6.03 Å². The number of hydrogen-bond acceptors (Lipinski definition) is 4. The van der Waals surface area contributed by atoms with Crippen LogP contribution in [0.5, 0.6) is 5.75 Å². The minimum absolute atomic E-state index is 0.0810. The van der Waals surface area contributed by atoms with Crippen LogP contribution in [0.2, 0.25) is 0 Å². The highest BCUT2D eigenvalue weighted by Gasteiger charge is 2.49. The van der Waals surface area contributed by atoms with Crippen molar-refractivity contribution >= 4 is 11.7 Å². The van der Waals surface area contributed by atoms with Crippen LogP contribution in [-0.4, -0.2) is 66.4 Å². The summed E-state index contributed by atoms with van der Waals surface area (Å²) in [7, 11) is 1.61. The number of nitrogens with one attached hydrogen (secondary N) is 1. The van der Waals surface area contributed by atoms with Gasteiger partial charge in [0.15, 0.2) is 0 Å². The van der Waals surface area contributed by atoms with Crippen LogP contribution in [0.25, 0.3) is 11.1 Å². The van der Waals surface area contributed by atoms with Gasteiger partial charge in [0, 0.05) is 31.1 Å². The van der Waals surface area contributed by atoms with E-state index in [2.05, 4.69) is 65.7 Å². The topological polar surface area (TPSA) is 65.0 Å². The highest BCUT2D eigenvalue weighted by atomic mass is 16.5. The Morgan fingerprint density at radius 1 is 0.972 bits per heavy atom. The van der Waals surface area contributed by atoms with E-state index >= 15 is 0 Å². The van der Waals surface area contributed by atoms with E-state index in [0.29, 0.717) is 24.5 Å². The first-order chi connectivity index (χ1) is 17.6. The predicted molar refractivity (Wildman–Crippen MR) is 144 cm³/mol. The Bertz CT molecular complexity index is 1180. The Kier molecular flexibility index (Phi) is 7.25. The summed E-state index contributed by atoms with van der Waals surface area (Å²) in [5.41, 5.74) is 5.53. The number of aryl methyl sites for hydroxylation is 1. The number of urea groups is 1. The van der Waals surface area contributed by atoms with Gasteiger partial charge in [-0.15, -0.1) is 0 Å². The molecule has 6 nitrogen and oxygen atoms in total. The molecule has 5 rings (SSSR count). The highest BCUT2D eigenvalue weighted by molar-refractivity contribution is 5.91. The van der Waals surface area contributed by atoms with Crippen molar-refractivity contribution < 1.29 is 14.6 Å². The van der Waals surface area contributed by atoms with Crippen molar-refractivity contribution in [2.24, 2.45) is 0 Å². The quantitative estimate of drug-likeness (QED) is 0.526. The molecule has 2 aliphatic heterocycles. The molecular weight excluding hydrogens is 450 g/mol. The van der Waals surface area contributed by atoms with Crippen molar-refractivity contribution in [2.75, 3.05) is 38.7 Å². The number of anilines is 1. The standard InChI is InChI=1S/C30H35N3O3/c1-21-9-11-22(12-10-21)23-13-15-24(16-14-23)29-26-19-32(17-5-6-18-33(26)27(29)20-34)30(35)31-25-7-3-4-8-28(25)36-2/h3-4,7-16,26-27,29,34H,5-6,17-20H2,1-2H3,(H,31,35)/t26-,27-,29-/m0/s1. The van der Waals surface area contributed by atoms with Crippen LogP contribution in [0.3, 0.4) is 0 Å². The Morgan fingerprint density at radius 2 is 1.64 bits per heavy atom. The van der Waals surface area contributed by atoms with Gasteiger partial charge in [0.25, 0.3) is 0 Å². The molecule has 0 aromatic heterocycles. The van der Waals surface area contributed by atoms with E-state index in [1.807, 2.05) is 29.2 Å². The molecule has 2 amide bonds. The molecule has 3 atom stereocenters. The van der Waals surface area contributed by atoms with Crippen molar-refractivity contribution in [1.82, 2.24) is 9.80 Å². The third-order valence-corrected chi connectivity index (χ3v) is 7.69. The van der Waals surface area contributed by atoms with E-state index in [0.717, 1.165) is 19.4 Å². The summed E-state index contributed by atoms with van der Waals surface area (Å²) in [6.45, 7) is 4.51. The maximum Gasteiger partial charge on any atom is 0.322 e. The largest absolute Gasteiger partial charge is 0.495 e. The number of hydrogen-bond donors (Lipinski definition) is 2. The number of aliphatic hydroxyl groups excluding tert-OH is 1. The zero-order valence-electron chi connectivity index (χ0n) is 21.1. The van der Waals surface area contributed by atoms with E-state index in [1.54, 1.807) is 7.11 Å². The van der Waals surface area contributed by atoms with Gasteiger partial charge in [-0.2, -0.15) is 0 Å². The third-order valence-electron chi connectivity index (χ3n) is 7.69. The minimum Gasteiger partial charge on any atom is -0.495 e. The lowest BCUT2D eigenvalue weighted by molar-refractivity contribution is -0.0585. The number of carbonyl (C=O) groups is 1. The van der Waals surface area contributed by atoms with E-state index in [-0.39, 0.29) is 30.6 Å². The smallest absolute Gasteiger partial charge is 0.322 e. The Morgan fingerprint density at radius 3 is 2.33 bits per heavy atom. The molecule has 2 aliphatic rings. The number of benzene rings is 3. The van der Waals surface area contributed by atoms with Crippen LogP contribution in [0, 0.1) is 6.92 Å². The summed E-state index contributed by atoms with van der Waals surface area (Å²) < 4.78 is 5.41. The highest BCUT2D eigenvalue weighted by Crippen LogP contribution is 2.42. The first kappa shape index (κ1) is 24.3. The molecular formula is C30H35N3O3. The van der Waals surface area contributed by atoms with Crippen molar-refractivity contribution in [1.29, 1.82) is 0 Å². The van der Waals surface area contributed by atoms with Crippen LogP contribution >= 0.6 is 0 Å². The van der Waals surface area contributed by atoms with Crippen LogP contribution < -0.4 is 10.1 Å². The van der Waals surface area contributed by atoms with E-state index in [4.69, 9.17) is 4.74 Å². The van der Waals surface area contributed by atoms with Gasteiger partial charge in [0.1, 0.15) is 5.75 Å². The summed E-state index contributed by atoms with van der Waals surface area (Å²) in [6.07, 6.45) is 1.95. The molecule has 0 unspecified atom stereocenters. The number of para-hydroxylation sites is 2. The Balaban J connectivity index is 1.35. The number of aliphatic hydroxyl groups is 1. The molecule has 2 heterocycles. The van der Waals surface area contributed by atoms with Crippen LogP contribution in [0.1, 0.15) is 29.9 Å². The number of methoxy groups -OCH3 is 1. The number of carbonyl (C=O) groups excluding carboxylic acids is 1. The second-order valence-electron chi connectivity index (χ2n) is 9.85. The number of rotatable bonds is 5. The summed E-state index contributed by atoms with van der Waals surface area (Å²) in [6, 6.07) is 24.9. The molecule has 6 heteroatoms. The van der Waals surface area contributed by atoms with Crippen LogP contribution in [-0.2, 0) is 0 Å². The summed E-state index contributed by atoms with van der Waals surface area (Å²) in [5.74, 6) is 0.830. The monoisotopic (exact) mass is 485 g/mol. The van der Waals surface area contributed by atoms with Gasteiger partial charge in [-0.3, -0.25) is 4.90 Å². The average molecular weight is 486 g/mol. The Labute approximate surface area is 213 Å². The molecule has 2 saturated heterocycles. The first-order valence-electron chi connectivity index (χ1n) is 12.8. The predicted octanol–water partition coefficient (Wildman–Crippen LogP) is 5.13. The molecule has 2 fully saturated rings. The van der Waals surface area contributed by atoms with E-state index in [1.165, 1.54) is 22.3 Å². The summed E-state index contributed by atoms with van der Waals surface area (Å²) in [5, 5.41) is 13.3. The maximum absolute atomic E-state index is 13.3. The Hall–Kier alpha value is -3.35. The van der Waals surface area contributed by atoms with Crippen molar-refractivity contribution in [3.05, 3.63) is 83.9 Å². The molecule has 36 heavy (non-hydrogen) atoms. The number of ether oxygens (including phenoxy) is 1. The zero-order valence-corrected chi connectivity index (χ0v) is 21.1. The fourth-order valence-corrected chi connectivity index (χ4v) is 5.71. The van der Waals surface area contributed by atoms with E-state index in [9.17, 15) is 9.90 Å². The average Bonchev–Trinajstić information content (AvgIpc) is 2.89. The second kappa shape index (κ2) is 10.7.